The van der Waals surface area contributed by atoms with Gasteiger partial charge in [0.15, 0.2) is 0 Å². The molecule has 2 aliphatic rings. The van der Waals surface area contributed by atoms with Gasteiger partial charge in [0.2, 0.25) is 0 Å². The zero-order chi connectivity index (χ0) is 21.2. The van der Waals surface area contributed by atoms with E-state index in [1.807, 2.05) is 24.3 Å². The van der Waals surface area contributed by atoms with Crippen molar-refractivity contribution in [3.63, 3.8) is 0 Å². The van der Waals surface area contributed by atoms with Gasteiger partial charge in [-0.2, -0.15) is 0 Å². The molecule has 3 aromatic carbocycles. The summed E-state index contributed by atoms with van der Waals surface area (Å²) in [4.78, 5) is 18.3. The molecule has 31 heavy (non-hydrogen) atoms. The van der Waals surface area contributed by atoms with Gasteiger partial charge in [-0.1, -0.05) is 54.1 Å². The third kappa shape index (κ3) is 4.27. The van der Waals surface area contributed by atoms with Crippen molar-refractivity contribution < 1.29 is 4.79 Å². The molecule has 0 radical (unpaired) electrons. The van der Waals surface area contributed by atoms with Crippen LogP contribution in [0.15, 0.2) is 71.7 Å². The number of carbonyl (C=O) groups is 1. The van der Waals surface area contributed by atoms with Gasteiger partial charge in [-0.15, -0.1) is 0 Å². The second-order valence-corrected chi connectivity index (χ2v) is 8.63. The van der Waals surface area contributed by atoms with Crippen LogP contribution in [0.2, 0.25) is 5.02 Å². The average molecular weight is 430 g/mol. The molecule has 5 rings (SSSR count). The minimum absolute atomic E-state index is 0.126. The van der Waals surface area contributed by atoms with Gasteiger partial charge >= 0.3 is 0 Å². The predicted octanol–water partition coefficient (Wildman–Crippen LogP) is 5.66. The summed E-state index contributed by atoms with van der Waals surface area (Å²) in [6.07, 6.45) is 3.88. The standard InChI is InChI=1S/C26H24ClN3O/c27-20-10-8-18(9-11-20)22-5-1-2-7-25(22)29-21-12-14-30(15-13-21)17-19-4-3-6-23-24(19)16-28-26(23)31/h1-11,16,21,29H,12-15,17H2. The smallest absolute Gasteiger partial charge is 0.277 e. The number of likely N-dealkylation sites (tertiary alicyclic amines) is 1. The van der Waals surface area contributed by atoms with Gasteiger partial charge in [-0.3, -0.25) is 9.69 Å². The van der Waals surface area contributed by atoms with Gasteiger partial charge in [-0.05, 0) is 48.2 Å². The van der Waals surface area contributed by atoms with E-state index in [0.29, 0.717) is 6.04 Å². The molecule has 1 fully saturated rings. The molecule has 156 valence electrons. The fourth-order valence-electron chi connectivity index (χ4n) is 4.47. The molecule has 1 amide bonds. The number of carbonyl (C=O) groups excluding carboxylic acids is 1. The zero-order valence-electron chi connectivity index (χ0n) is 17.2. The lowest BCUT2D eigenvalue weighted by Crippen LogP contribution is -2.38. The largest absolute Gasteiger partial charge is 0.382 e. The number of aliphatic imine (C=N–C) groups is 1. The number of amides is 1. The third-order valence-corrected chi connectivity index (χ3v) is 6.41. The Balaban J connectivity index is 1.23. The Morgan fingerprint density at radius 1 is 0.935 bits per heavy atom. The van der Waals surface area contributed by atoms with Crippen LogP contribution in [0.25, 0.3) is 11.1 Å². The molecule has 0 aliphatic carbocycles. The van der Waals surface area contributed by atoms with Crippen LogP contribution < -0.4 is 5.32 Å². The first kappa shape index (κ1) is 20.0. The number of halogens is 1. The fraction of sp³-hybridized carbons (Fsp3) is 0.231. The quantitative estimate of drug-likeness (QED) is 0.569. The highest BCUT2D eigenvalue weighted by atomic mass is 35.5. The number of anilines is 1. The lowest BCUT2D eigenvalue weighted by atomic mass is 9.99. The molecule has 1 saturated heterocycles. The monoisotopic (exact) mass is 429 g/mol. The van der Waals surface area contributed by atoms with Crippen molar-refractivity contribution in [2.24, 2.45) is 4.99 Å². The maximum absolute atomic E-state index is 11.8. The molecule has 4 nitrogen and oxygen atoms in total. The normalized spacial score (nSPS) is 16.5. The van der Waals surface area contributed by atoms with E-state index in [2.05, 4.69) is 57.7 Å². The third-order valence-electron chi connectivity index (χ3n) is 6.16. The van der Waals surface area contributed by atoms with Crippen molar-refractivity contribution >= 4 is 29.4 Å². The van der Waals surface area contributed by atoms with Crippen LogP contribution in [0.5, 0.6) is 0 Å². The molecule has 0 aromatic heterocycles. The number of benzene rings is 3. The van der Waals surface area contributed by atoms with E-state index in [1.54, 1.807) is 6.21 Å². The van der Waals surface area contributed by atoms with Gasteiger partial charge in [0.25, 0.3) is 5.91 Å². The number of piperidine rings is 1. The summed E-state index contributed by atoms with van der Waals surface area (Å²) < 4.78 is 0. The molecule has 2 heterocycles. The Hall–Kier alpha value is -2.95. The number of nitrogens with one attached hydrogen (secondary N) is 1. The van der Waals surface area contributed by atoms with Gasteiger partial charge in [0.1, 0.15) is 0 Å². The average Bonchev–Trinajstić information content (AvgIpc) is 3.18. The molecule has 0 saturated carbocycles. The SMILES string of the molecule is O=C1N=Cc2c(CN3CCC(Nc4ccccc4-c4ccc(Cl)cc4)CC3)cccc21. The van der Waals surface area contributed by atoms with E-state index in [4.69, 9.17) is 11.6 Å². The predicted molar refractivity (Wildman–Crippen MR) is 127 cm³/mol. The summed E-state index contributed by atoms with van der Waals surface area (Å²) in [7, 11) is 0. The van der Waals surface area contributed by atoms with Gasteiger partial charge in [-0.25, -0.2) is 4.99 Å². The molecule has 0 bridgehead atoms. The van der Waals surface area contributed by atoms with Crippen LogP contribution >= 0.6 is 11.6 Å². The van der Waals surface area contributed by atoms with E-state index in [9.17, 15) is 4.79 Å². The van der Waals surface area contributed by atoms with Crippen LogP contribution in [0.4, 0.5) is 5.69 Å². The summed E-state index contributed by atoms with van der Waals surface area (Å²) in [6, 6.07) is 22.8. The first-order valence-electron chi connectivity index (χ1n) is 10.7. The van der Waals surface area contributed by atoms with Crippen molar-refractivity contribution in [1.82, 2.24) is 4.90 Å². The van der Waals surface area contributed by atoms with Crippen molar-refractivity contribution in [3.8, 4) is 11.1 Å². The number of rotatable bonds is 5. The Morgan fingerprint density at radius 3 is 2.48 bits per heavy atom. The minimum atomic E-state index is -0.126. The highest BCUT2D eigenvalue weighted by Gasteiger charge is 2.23. The molecule has 3 aromatic rings. The van der Waals surface area contributed by atoms with Crippen LogP contribution in [0, 0.1) is 0 Å². The van der Waals surface area contributed by atoms with Crippen molar-refractivity contribution in [1.29, 1.82) is 0 Å². The Morgan fingerprint density at radius 2 is 1.68 bits per heavy atom. The van der Waals surface area contributed by atoms with Crippen molar-refractivity contribution in [2.75, 3.05) is 18.4 Å². The molecular weight excluding hydrogens is 406 g/mol. The highest BCUT2D eigenvalue weighted by Crippen LogP contribution is 2.30. The molecule has 2 aliphatic heterocycles. The van der Waals surface area contributed by atoms with Crippen LogP contribution in [0.1, 0.15) is 34.3 Å². The van der Waals surface area contributed by atoms with Crippen LogP contribution in [0.3, 0.4) is 0 Å². The number of hydrogen-bond donors (Lipinski definition) is 1. The van der Waals surface area contributed by atoms with E-state index >= 15 is 0 Å². The van der Waals surface area contributed by atoms with E-state index in [-0.39, 0.29) is 5.91 Å². The Labute approximate surface area is 187 Å². The summed E-state index contributed by atoms with van der Waals surface area (Å²) in [5.41, 5.74) is 6.44. The molecule has 0 spiro atoms. The number of hydrogen-bond acceptors (Lipinski definition) is 3. The second-order valence-electron chi connectivity index (χ2n) is 8.19. The molecule has 0 atom stereocenters. The Bertz CT molecular complexity index is 1130. The lowest BCUT2D eigenvalue weighted by molar-refractivity contribution is 0.101. The second kappa shape index (κ2) is 8.66. The van der Waals surface area contributed by atoms with Crippen molar-refractivity contribution in [2.45, 2.75) is 25.4 Å². The van der Waals surface area contributed by atoms with Crippen LogP contribution in [-0.2, 0) is 6.54 Å². The van der Waals surface area contributed by atoms with Crippen LogP contribution in [-0.4, -0.2) is 36.2 Å². The summed E-state index contributed by atoms with van der Waals surface area (Å²) >= 11 is 6.06. The molecule has 5 heteroatoms. The zero-order valence-corrected chi connectivity index (χ0v) is 18.0. The van der Waals surface area contributed by atoms with Gasteiger partial charge in [0, 0.05) is 53.7 Å². The highest BCUT2D eigenvalue weighted by molar-refractivity contribution is 6.30. The van der Waals surface area contributed by atoms with Gasteiger partial charge in [0.05, 0.1) is 5.56 Å². The molecular formula is C26H24ClN3O. The van der Waals surface area contributed by atoms with E-state index in [0.717, 1.165) is 48.6 Å². The first-order chi connectivity index (χ1) is 15.2. The summed E-state index contributed by atoms with van der Waals surface area (Å²) in [5.74, 6) is -0.126. The number of para-hydroxylation sites is 1. The van der Waals surface area contributed by atoms with E-state index < -0.39 is 0 Å². The maximum atomic E-state index is 11.8. The van der Waals surface area contributed by atoms with E-state index in [1.165, 1.54) is 22.4 Å². The van der Waals surface area contributed by atoms with Crippen molar-refractivity contribution in [3.05, 3.63) is 88.4 Å². The summed E-state index contributed by atoms with van der Waals surface area (Å²) in [5, 5.41) is 4.52. The summed E-state index contributed by atoms with van der Waals surface area (Å²) in [6.45, 7) is 2.90. The molecule has 0 unspecified atom stereocenters. The van der Waals surface area contributed by atoms with Gasteiger partial charge < -0.3 is 5.32 Å². The first-order valence-corrected chi connectivity index (χ1v) is 11.1. The molecule has 1 N–H and O–H groups in total. The number of fused-ring (bicyclic) bond motifs is 1. The lowest BCUT2D eigenvalue weighted by Gasteiger charge is -2.33. The maximum Gasteiger partial charge on any atom is 0.277 e. The number of nitrogens with zero attached hydrogens (tertiary/aromatic N) is 2. The topological polar surface area (TPSA) is 44.7 Å². The Kier molecular flexibility index (Phi) is 5.58. The fourth-order valence-corrected chi connectivity index (χ4v) is 4.59. The minimum Gasteiger partial charge on any atom is -0.382 e.